The lowest BCUT2D eigenvalue weighted by Gasteiger charge is -2.03. The molecule has 5 nitrogen and oxygen atoms in total. The molecular formula is C11H12N2O3. The number of rotatable bonds is 3. The van der Waals surface area contributed by atoms with Crippen molar-refractivity contribution in [3.63, 3.8) is 0 Å². The molecule has 5 heteroatoms. The Labute approximate surface area is 91.3 Å². The molecule has 0 saturated carbocycles. The molecule has 0 radical (unpaired) electrons. The van der Waals surface area contributed by atoms with Gasteiger partial charge in [-0.15, -0.1) is 0 Å². The van der Waals surface area contributed by atoms with Gasteiger partial charge >= 0.3 is 11.7 Å². The molecule has 0 fully saturated rings. The number of benzene rings is 1. The summed E-state index contributed by atoms with van der Waals surface area (Å²) in [4.78, 5) is 25.3. The molecule has 16 heavy (non-hydrogen) atoms. The van der Waals surface area contributed by atoms with Crippen molar-refractivity contribution in [1.82, 2.24) is 9.55 Å². The maximum atomic E-state index is 11.6. The third-order valence-electron chi connectivity index (χ3n) is 2.47. The van der Waals surface area contributed by atoms with Gasteiger partial charge in [0.25, 0.3) is 0 Å². The van der Waals surface area contributed by atoms with Gasteiger partial charge in [-0.1, -0.05) is 13.0 Å². The van der Waals surface area contributed by atoms with Crippen LogP contribution in [0.3, 0.4) is 0 Å². The number of para-hydroxylation sites is 1. The SMILES string of the molecule is CCCn1c(=O)[nH]c2cccc(C(=O)O)c21. The summed E-state index contributed by atoms with van der Waals surface area (Å²) in [5.41, 5.74) is 0.940. The fraction of sp³-hybridized carbons (Fsp3) is 0.273. The van der Waals surface area contributed by atoms with Gasteiger partial charge < -0.3 is 10.1 Å². The molecule has 0 unspecified atom stereocenters. The van der Waals surface area contributed by atoms with Crippen LogP contribution in [0.15, 0.2) is 23.0 Å². The van der Waals surface area contributed by atoms with Crippen LogP contribution in [0.25, 0.3) is 11.0 Å². The van der Waals surface area contributed by atoms with E-state index in [-0.39, 0.29) is 11.3 Å². The van der Waals surface area contributed by atoms with Crippen molar-refractivity contribution in [3.05, 3.63) is 34.2 Å². The minimum atomic E-state index is -1.02. The monoisotopic (exact) mass is 220 g/mol. The number of carboxylic acids is 1. The third-order valence-corrected chi connectivity index (χ3v) is 2.47. The second-order valence-electron chi connectivity index (χ2n) is 3.59. The summed E-state index contributed by atoms with van der Waals surface area (Å²) in [6.07, 6.45) is 0.779. The Hall–Kier alpha value is -2.04. The number of aromatic nitrogens is 2. The average Bonchev–Trinajstić information content (AvgIpc) is 2.55. The maximum Gasteiger partial charge on any atom is 0.337 e. The zero-order valence-electron chi connectivity index (χ0n) is 8.86. The fourth-order valence-electron chi connectivity index (χ4n) is 1.83. The van der Waals surface area contributed by atoms with E-state index in [1.807, 2.05) is 6.92 Å². The van der Waals surface area contributed by atoms with Crippen LogP contribution in [0, 0.1) is 0 Å². The smallest absolute Gasteiger partial charge is 0.337 e. The standard InChI is InChI=1S/C11H12N2O3/c1-2-6-13-9-7(10(14)15)4-3-5-8(9)12-11(13)16/h3-5H,2,6H2,1H3,(H,12,16)(H,14,15). The number of aryl methyl sites for hydroxylation is 1. The number of H-pyrrole nitrogens is 1. The van der Waals surface area contributed by atoms with Crippen molar-refractivity contribution < 1.29 is 9.90 Å². The lowest BCUT2D eigenvalue weighted by Crippen LogP contribution is -2.17. The predicted octanol–water partition coefficient (Wildman–Crippen LogP) is 1.44. The predicted molar refractivity (Wildman–Crippen MR) is 59.8 cm³/mol. The van der Waals surface area contributed by atoms with E-state index >= 15 is 0 Å². The van der Waals surface area contributed by atoms with E-state index in [9.17, 15) is 9.59 Å². The number of hydrogen-bond donors (Lipinski definition) is 2. The van der Waals surface area contributed by atoms with Gasteiger partial charge in [0.1, 0.15) is 0 Å². The number of hydrogen-bond acceptors (Lipinski definition) is 2. The molecule has 0 amide bonds. The Morgan fingerprint density at radius 1 is 1.50 bits per heavy atom. The summed E-state index contributed by atoms with van der Waals surface area (Å²) in [5, 5.41) is 9.06. The van der Waals surface area contributed by atoms with Crippen molar-refractivity contribution in [3.8, 4) is 0 Å². The molecule has 0 spiro atoms. The largest absolute Gasteiger partial charge is 0.478 e. The minimum Gasteiger partial charge on any atom is -0.478 e. The Morgan fingerprint density at radius 3 is 2.88 bits per heavy atom. The number of nitrogens with zero attached hydrogens (tertiary/aromatic N) is 1. The summed E-state index contributed by atoms with van der Waals surface area (Å²) >= 11 is 0. The number of carboxylic acid groups (broad SMARTS) is 1. The number of nitrogens with one attached hydrogen (secondary N) is 1. The normalized spacial score (nSPS) is 10.8. The first-order valence-corrected chi connectivity index (χ1v) is 5.10. The highest BCUT2D eigenvalue weighted by molar-refractivity contribution is 6.01. The van der Waals surface area contributed by atoms with E-state index < -0.39 is 5.97 Å². The van der Waals surface area contributed by atoms with Gasteiger partial charge in [-0.3, -0.25) is 4.57 Å². The Bertz CT molecular complexity index is 595. The molecule has 0 atom stereocenters. The Morgan fingerprint density at radius 2 is 2.25 bits per heavy atom. The van der Waals surface area contributed by atoms with Gasteiger partial charge in [-0.25, -0.2) is 9.59 Å². The van der Waals surface area contributed by atoms with Crippen LogP contribution in [-0.2, 0) is 6.54 Å². The molecule has 0 bridgehead atoms. The highest BCUT2D eigenvalue weighted by atomic mass is 16.4. The molecule has 2 N–H and O–H groups in total. The molecule has 1 heterocycles. The molecular weight excluding hydrogens is 208 g/mol. The first-order chi connectivity index (χ1) is 7.65. The highest BCUT2D eigenvalue weighted by Gasteiger charge is 2.14. The van der Waals surface area contributed by atoms with E-state index in [4.69, 9.17) is 5.11 Å². The lowest BCUT2D eigenvalue weighted by atomic mass is 10.2. The highest BCUT2D eigenvalue weighted by Crippen LogP contribution is 2.16. The molecule has 1 aromatic heterocycles. The first-order valence-electron chi connectivity index (χ1n) is 5.10. The van der Waals surface area contributed by atoms with Crippen LogP contribution in [0.1, 0.15) is 23.7 Å². The molecule has 0 aliphatic rings. The molecule has 1 aromatic carbocycles. The number of imidazole rings is 1. The van der Waals surface area contributed by atoms with Crippen molar-refractivity contribution >= 4 is 17.0 Å². The molecule has 0 aliphatic carbocycles. The van der Waals surface area contributed by atoms with Gasteiger partial charge in [-0.05, 0) is 18.6 Å². The van der Waals surface area contributed by atoms with E-state index in [1.54, 1.807) is 12.1 Å². The zero-order valence-corrected chi connectivity index (χ0v) is 8.86. The quantitative estimate of drug-likeness (QED) is 0.821. The molecule has 0 saturated heterocycles. The minimum absolute atomic E-state index is 0.157. The molecule has 0 aliphatic heterocycles. The van der Waals surface area contributed by atoms with Gasteiger partial charge in [-0.2, -0.15) is 0 Å². The number of fused-ring (bicyclic) bond motifs is 1. The van der Waals surface area contributed by atoms with Crippen molar-refractivity contribution in [2.45, 2.75) is 19.9 Å². The first kappa shape index (κ1) is 10.5. The third kappa shape index (κ3) is 1.50. The van der Waals surface area contributed by atoms with E-state index in [2.05, 4.69) is 4.98 Å². The zero-order chi connectivity index (χ0) is 11.7. The van der Waals surface area contributed by atoms with Crippen molar-refractivity contribution in [2.75, 3.05) is 0 Å². The van der Waals surface area contributed by atoms with Crippen molar-refractivity contribution in [1.29, 1.82) is 0 Å². The number of carbonyl (C=O) groups is 1. The van der Waals surface area contributed by atoms with E-state index in [1.165, 1.54) is 10.6 Å². The Balaban J connectivity index is 2.83. The van der Waals surface area contributed by atoms with E-state index in [0.29, 0.717) is 17.6 Å². The van der Waals surface area contributed by atoms with Crippen LogP contribution >= 0.6 is 0 Å². The van der Waals surface area contributed by atoms with Crippen LogP contribution in [0.4, 0.5) is 0 Å². The summed E-state index contributed by atoms with van der Waals surface area (Å²) in [6, 6.07) is 4.83. The fourth-order valence-corrected chi connectivity index (χ4v) is 1.83. The average molecular weight is 220 g/mol. The second-order valence-corrected chi connectivity index (χ2v) is 3.59. The van der Waals surface area contributed by atoms with Crippen LogP contribution in [0.2, 0.25) is 0 Å². The van der Waals surface area contributed by atoms with Crippen molar-refractivity contribution in [2.24, 2.45) is 0 Å². The Kier molecular flexibility index (Phi) is 2.52. The summed E-state index contributed by atoms with van der Waals surface area (Å²) in [7, 11) is 0. The van der Waals surface area contributed by atoms with E-state index in [0.717, 1.165) is 6.42 Å². The van der Waals surface area contributed by atoms with Crippen LogP contribution in [0.5, 0.6) is 0 Å². The molecule has 2 rings (SSSR count). The van der Waals surface area contributed by atoms with Gasteiger partial charge in [0.2, 0.25) is 0 Å². The lowest BCUT2D eigenvalue weighted by molar-refractivity contribution is 0.0698. The second kappa shape index (κ2) is 3.84. The van der Waals surface area contributed by atoms with Gasteiger partial charge in [0.15, 0.2) is 0 Å². The molecule has 2 aromatic rings. The summed E-state index contributed by atoms with van der Waals surface area (Å²) < 4.78 is 1.47. The van der Waals surface area contributed by atoms with Crippen LogP contribution in [-0.4, -0.2) is 20.6 Å². The topological polar surface area (TPSA) is 75.1 Å². The van der Waals surface area contributed by atoms with Crippen LogP contribution < -0.4 is 5.69 Å². The summed E-state index contributed by atoms with van der Waals surface area (Å²) in [5.74, 6) is -1.02. The van der Waals surface area contributed by atoms with Gasteiger partial charge in [0.05, 0.1) is 16.6 Å². The van der Waals surface area contributed by atoms with Gasteiger partial charge in [0, 0.05) is 6.54 Å². The number of aromatic amines is 1. The number of aromatic carboxylic acids is 1. The summed E-state index contributed by atoms with van der Waals surface area (Å²) in [6.45, 7) is 2.46. The molecule has 84 valence electrons. The maximum absolute atomic E-state index is 11.6.